The van der Waals surface area contributed by atoms with Crippen LogP contribution in [0.2, 0.25) is 0 Å². The highest BCUT2D eigenvalue weighted by atomic mass is 35.5. The third-order valence-electron chi connectivity index (χ3n) is 4.67. The van der Waals surface area contributed by atoms with Crippen molar-refractivity contribution in [2.75, 3.05) is 0 Å². The van der Waals surface area contributed by atoms with E-state index in [2.05, 4.69) is 48.5 Å². The van der Waals surface area contributed by atoms with Crippen LogP contribution in [0.5, 0.6) is 0 Å². The average molecular weight is 299 g/mol. The van der Waals surface area contributed by atoms with Crippen molar-refractivity contribution in [1.82, 2.24) is 0 Å². The zero-order valence-corrected chi connectivity index (χ0v) is 13.2. The number of benzene rings is 2. The zero-order valence-electron chi connectivity index (χ0n) is 12.5. The normalized spacial score (nSPS) is 19.0. The second kappa shape index (κ2) is 7.13. The maximum atomic E-state index is 6.52. The lowest BCUT2D eigenvalue weighted by Gasteiger charge is -2.25. The van der Waals surface area contributed by atoms with Gasteiger partial charge in [0, 0.05) is 0 Å². The molecule has 1 aliphatic carbocycles. The lowest BCUT2D eigenvalue weighted by Crippen LogP contribution is -2.09. The molecule has 3 rings (SSSR count). The van der Waals surface area contributed by atoms with E-state index in [4.69, 9.17) is 11.6 Å². The van der Waals surface area contributed by atoms with Crippen LogP contribution < -0.4 is 0 Å². The molecule has 1 aliphatic rings. The van der Waals surface area contributed by atoms with E-state index >= 15 is 0 Å². The van der Waals surface area contributed by atoms with E-state index in [0.717, 1.165) is 12.3 Å². The molecule has 2 aromatic rings. The van der Waals surface area contributed by atoms with Crippen molar-refractivity contribution in [3.05, 3.63) is 71.3 Å². The minimum absolute atomic E-state index is 0.157. The van der Waals surface area contributed by atoms with Crippen molar-refractivity contribution in [1.29, 1.82) is 0 Å². The summed E-state index contributed by atoms with van der Waals surface area (Å²) in [5, 5.41) is 0.157. The third kappa shape index (κ3) is 3.68. The van der Waals surface area contributed by atoms with Crippen molar-refractivity contribution in [2.24, 2.45) is 0 Å². The fourth-order valence-corrected chi connectivity index (χ4v) is 3.83. The Labute approximate surface area is 133 Å². The Hall–Kier alpha value is -1.27. The van der Waals surface area contributed by atoms with Gasteiger partial charge in [-0.2, -0.15) is 0 Å². The van der Waals surface area contributed by atoms with Crippen LogP contribution in [0.1, 0.15) is 60.1 Å². The van der Waals surface area contributed by atoms with Crippen LogP contribution in [-0.2, 0) is 6.42 Å². The molecule has 0 amide bonds. The summed E-state index contributed by atoms with van der Waals surface area (Å²) >= 11 is 6.52. The summed E-state index contributed by atoms with van der Waals surface area (Å²) in [5.41, 5.74) is 4.41. The van der Waals surface area contributed by atoms with Crippen LogP contribution >= 0.6 is 11.6 Å². The molecule has 0 heterocycles. The SMILES string of the molecule is ClC(CCCC1CCCc2ccccc21)c1ccccc1. The van der Waals surface area contributed by atoms with Crippen LogP contribution in [0.4, 0.5) is 0 Å². The van der Waals surface area contributed by atoms with Crippen LogP contribution in [0.3, 0.4) is 0 Å². The molecule has 1 heteroatoms. The number of hydrogen-bond donors (Lipinski definition) is 0. The molecule has 110 valence electrons. The molecular formula is C20H23Cl. The summed E-state index contributed by atoms with van der Waals surface area (Å²) in [5.74, 6) is 0.745. The molecule has 0 fully saturated rings. The highest BCUT2D eigenvalue weighted by Gasteiger charge is 2.19. The van der Waals surface area contributed by atoms with Gasteiger partial charge in [0.2, 0.25) is 0 Å². The van der Waals surface area contributed by atoms with Crippen LogP contribution in [0.15, 0.2) is 54.6 Å². The Kier molecular flexibility index (Phi) is 4.98. The number of fused-ring (bicyclic) bond motifs is 1. The van der Waals surface area contributed by atoms with Crippen molar-refractivity contribution in [2.45, 2.75) is 49.8 Å². The molecule has 2 aromatic carbocycles. The summed E-state index contributed by atoms with van der Waals surface area (Å²) < 4.78 is 0. The van der Waals surface area contributed by atoms with Gasteiger partial charge >= 0.3 is 0 Å². The lowest BCUT2D eigenvalue weighted by atomic mass is 9.80. The highest BCUT2D eigenvalue weighted by molar-refractivity contribution is 6.20. The molecular weight excluding hydrogens is 276 g/mol. The van der Waals surface area contributed by atoms with E-state index in [-0.39, 0.29) is 5.38 Å². The zero-order chi connectivity index (χ0) is 14.5. The maximum absolute atomic E-state index is 6.52. The van der Waals surface area contributed by atoms with Gasteiger partial charge in [-0.15, -0.1) is 11.6 Å². The van der Waals surface area contributed by atoms with Crippen molar-refractivity contribution in [3.8, 4) is 0 Å². The second-order valence-electron chi connectivity index (χ2n) is 6.10. The Morgan fingerprint density at radius 3 is 2.62 bits per heavy atom. The topological polar surface area (TPSA) is 0 Å². The summed E-state index contributed by atoms with van der Waals surface area (Å²) in [7, 11) is 0. The standard InChI is InChI=1S/C20H23Cl/c21-20(18-9-2-1-3-10-18)15-7-13-17-12-6-11-16-8-4-5-14-19(16)17/h1-5,8-10,14,17,20H,6-7,11-13,15H2. The van der Waals surface area contributed by atoms with Gasteiger partial charge in [0.25, 0.3) is 0 Å². The molecule has 0 N–H and O–H groups in total. The minimum atomic E-state index is 0.157. The molecule has 0 aromatic heterocycles. The summed E-state index contributed by atoms with van der Waals surface area (Å²) in [6.07, 6.45) is 7.49. The summed E-state index contributed by atoms with van der Waals surface area (Å²) in [4.78, 5) is 0. The Morgan fingerprint density at radius 2 is 1.76 bits per heavy atom. The molecule has 2 atom stereocenters. The lowest BCUT2D eigenvalue weighted by molar-refractivity contribution is 0.493. The molecule has 0 bridgehead atoms. The van der Waals surface area contributed by atoms with Gasteiger partial charge in [0.05, 0.1) is 5.38 Å². The first-order valence-electron chi connectivity index (χ1n) is 8.11. The number of hydrogen-bond acceptors (Lipinski definition) is 0. The molecule has 21 heavy (non-hydrogen) atoms. The molecule has 0 saturated carbocycles. The maximum Gasteiger partial charge on any atom is 0.0585 e. The molecule has 0 spiro atoms. The number of aryl methyl sites for hydroxylation is 1. The van der Waals surface area contributed by atoms with Crippen LogP contribution in [-0.4, -0.2) is 0 Å². The number of halogens is 1. The number of alkyl halides is 1. The van der Waals surface area contributed by atoms with E-state index in [1.165, 1.54) is 37.7 Å². The first-order valence-corrected chi connectivity index (χ1v) is 8.55. The quantitative estimate of drug-likeness (QED) is 0.572. The number of rotatable bonds is 5. The Morgan fingerprint density at radius 1 is 1.00 bits per heavy atom. The van der Waals surface area contributed by atoms with Crippen LogP contribution in [0, 0.1) is 0 Å². The fourth-order valence-electron chi connectivity index (χ4n) is 3.53. The molecule has 0 radical (unpaired) electrons. The minimum Gasteiger partial charge on any atom is -0.118 e. The Bertz CT molecular complexity index is 561. The summed E-state index contributed by atoms with van der Waals surface area (Å²) in [6, 6.07) is 19.4. The molecule has 0 nitrogen and oxygen atoms in total. The largest absolute Gasteiger partial charge is 0.118 e. The Balaban J connectivity index is 1.55. The van der Waals surface area contributed by atoms with Gasteiger partial charge in [0.15, 0.2) is 0 Å². The van der Waals surface area contributed by atoms with Crippen molar-refractivity contribution in [3.63, 3.8) is 0 Å². The van der Waals surface area contributed by atoms with Gasteiger partial charge < -0.3 is 0 Å². The predicted molar refractivity (Wildman–Crippen MR) is 91.0 cm³/mol. The van der Waals surface area contributed by atoms with Gasteiger partial charge in [-0.05, 0) is 54.7 Å². The first-order chi connectivity index (χ1) is 10.3. The van der Waals surface area contributed by atoms with Crippen molar-refractivity contribution >= 4 is 11.6 Å². The molecule has 0 aliphatic heterocycles. The monoisotopic (exact) mass is 298 g/mol. The predicted octanol–water partition coefficient (Wildman–Crippen LogP) is 6.26. The van der Waals surface area contributed by atoms with E-state index < -0.39 is 0 Å². The van der Waals surface area contributed by atoms with Crippen LogP contribution in [0.25, 0.3) is 0 Å². The van der Waals surface area contributed by atoms with Gasteiger partial charge in [-0.25, -0.2) is 0 Å². The third-order valence-corrected chi connectivity index (χ3v) is 5.14. The van der Waals surface area contributed by atoms with Crippen molar-refractivity contribution < 1.29 is 0 Å². The smallest absolute Gasteiger partial charge is 0.0585 e. The van der Waals surface area contributed by atoms with E-state index in [0.29, 0.717) is 0 Å². The average Bonchev–Trinajstić information content (AvgIpc) is 2.56. The second-order valence-corrected chi connectivity index (χ2v) is 6.62. The van der Waals surface area contributed by atoms with E-state index in [1.54, 1.807) is 11.1 Å². The highest BCUT2D eigenvalue weighted by Crippen LogP contribution is 2.36. The summed E-state index contributed by atoms with van der Waals surface area (Å²) in [6.45, 7) is 0. The van der Waals surface area contributed by atoms with Gasteiger partial charge in [0.1, 0.15) is 0 Å². The molecule has 2 unspecified atom stereocenters. The van der Waals surface area contributed by atoms with E-state index in [9.17, 15) is 0 Å². The first kappa shape index (κ1) is 14.7. The fraction of sp³-hybridized carbons (Fsp3) is 0.400. The van der Waals surface area contributed by atoms with Gasteiger partial charge in [-0.1, -0.05) is 61.0 Å². The van der Waals surface area contributed by atoms with Gasteiger partial charge in [-0.3, -0.25) is 0 Å². The van der Waals surface area contributed by atoms with E-state index in [1.807, 2.05) is 6.07 Å². The molecule has 0 saturated heterocycles.